The van der Waals surface area contributed by atoms with Gasteiger partial charge in [0.15, 0.2) is 0 Å². The number of amides is 1. The van der Waals surface area contributed by atoms with E-state index in [9.17, 15) is 4.79 Å². The highest BCUT2D eigenvalue weighted by molar-refractivity contribution is 7.99. The second kappa shape index (κ2) is 8.19. The molecule has 5 nitrogen and oxygen atoms in total. The van der Waals surface area contributed by atoms with Crippen molar-refractivity contribution in [3.63, 3.8) is 0 Å². The van der Waals surface area contributed by atoms with Gasteiger partial charge in [-0.15, -0.1) is 0 Å². The maximum atomic E-state index is 12.8. The quantitative estimate of drug-likeness (QED) is 0.703. The molecule has 0 bridgehead atoms. The monoisotopic (exact) mass is 392 g/mol. The van der Waals surface area contributed by atoms with Gasteiger partial charge in [0.2, 0.25) is 0 Å². The Hall–Kier alpha value is -2.60. The lowest BCUT2D eigenvalue weighted by Crippen LogP contribution is -2.23. The minimum Gasteiger partial charge on any atom is -0.346 e. The first-order valence-electron chi connectivity index (χ1n) is 9.63. The molecule has 4 rings (SSSR count). The lowest BCUT2D eigenvalue weighted by molar-refractivity contribution is 0.0947. The van der Waals surface area contributed by atoms with Crippen molar-refractivity contribution < 1.29 is 4.79 Å². The Balaban J connectivity index is 1.48. The number of imidazole rings is 1. The number of nitrogens with one attached hydrogen (secondary N) is 1. The minimum absolute atomic E-state index is 0.119. The van der Waals surface area contributed by atoms with Crippen LogP contribution in [0.1, 0.15) is 45.8 Å². The number of fused-ring (bicyclic) bond motifs is 1. The highest BCUT2D eigenvalue weighted by Gasteiger charge is 2.16. The number of rotatable bonds is 5. The Labute approximate surface area is 169 Å². The first-order chi connectivity index (χ1) is 13.6. The highest BCUT2D eigenvalue weighted by Crippen LogP contribution is 2.31. The molecular weight excluding hydrogens is 368 g/mol. The van der Waals surface area contributed by atoms with Crippen LogP contribution >= 0.6 is 11.8 Å². The highest BCUT2D eigenvalue weighted by atomic mass is 32.2. The summed E-state index contributed by atoms with van der Waals surface area (Å²) in [5.41, 5.74) is 3.92. The zero-order valence-electron chi connectivity index (χ0n) is 16.2. The second-order valence-electron chi connectivity index (χ2n) is 7.21. The predicted molar refractivity (Wildman–Crippen MR) is 111 cm³/mol. The van der Waals surface area contributed by atoms with Gasteiger partial charge in [0.25, 0.3) is 5.91 Å². The molecule has 0 radical (unpaired) electrons. The van der Waals surface area contributed by atoms with Gasteiger partial charge in [0.1, 0.15) is 10.9 Å². The third kappa shape index (κ3) is 4.12. The van der Waals surface area contributed by atoms with E-state index in [4.69, 9.17) is 0 Å². The molecule has 0 aliphatic carbocycles. The van der Waals surface area contributed by atoms with Crippen LogP contribution < -0.4 is 5.32 Å². The van der Waals surface area contributed by atoms with Crippen molar-refractivity contribution in [2.24, 2.45) is 0 Å². The van der Waals surface area contributed by atoms with Crippen molar-refractivity contribution in [2.75, 3.05) is 0 Å². The zero-order chi connectivity index (χ0) is 19.5. The molecule has 1 amide bonds. The minimum atomic E-state index is -0.119. The van der Waals surface area contributed by atoms with Crippen molar-refractivity contribution in [1.29, 1.82) is 0 Å². The normalized spacial score (nSPS) is 13.2. The van der Waals surface area contributed by atoms with Gasteiger partial charge in [0.05, 0.1) is 17.8 Å². The largest absolute Gasteiger partial charge is 0.346 e. The molecule has 0 saturated heterocycles. The van der Waals surface area contributed by atoms with Gasteiger partial charge in [-0.25, -0.2) is 9.97 Å². The van der Waals surface area contributed by atoms with E-state index in [1.807, 2.05) is 6.07 Å². The Morgan fingerprint density at radius 2 is 2.14 bits per heavy atom. The molecule has 3 heterocycles. The summed E-state index contributed by atoms with van der Waals surface area (Å²) >= 11 is 1.53. The molecule has 1 N–H and O–H groups in total. The molecule has 0 fully saturated rings. The fourth-order valence-electron chi connectivity index (χ4n) is 3.49. The average Bonchev–Trinajstić information content (AvgIpc) is 3.12. The van der Waals surface area contributed by atoms with E-state index in [1.54, 1.807) is 12.3 Å². The van der Waals surface area contributed by atoms with Crippen LogP contribution in [0.2, 0.25) is 0 Å². The Kier molecular flexibility index (Phi) is 5.48. The van der Waals surface area contributed by atoms with Gasteiger partial charge in [-0.3, -0.25) is 4.79 Å². The zero-order valence-corrected chi connectivity index (χ0v) is 17.1. The predicted octanol–water partition coefficient (Wildman–Crippen LogP) is 4.31. The van der Waals surface area contributed by atoms with E-state index in [1.165, 1.54) is 35.7 Å². The molecule has 28 heavy (non-hydrogen) atoms. The maximum absolute atomic E-state index is 12.8. The van der Waals surface area contributed by atoms with Crippen LogP contribution in [0.4, 0.5) is 0 Å². The van der Waals surface area contributed by atoms with Gasteiger partial charge < -0.3 is 9.88 Å². The topological polar surface area (TPSA) is 59.8 Å². The van der Waals surface area contributed by atoms with Gasteiger partial charge in [-0.1, -0.05) is 29.5 Å². The Morgan fingerprint density at radius 1 is 1.25 bits per heavy atom. The number of aryl methyl sites for hydroxylation is 4. The third-order valence-corrected chi connectivity index (χ3v) is 6.14. The van der Waals surface area contributed by atoms with E-state index < -0.39 is 0 Å². The van der Waals surface area contributed by atoms with Crippen LogP contribution in [-0.2, 0) is 19.5 Å². The van der Waals surface area contributed by atoms with Crippen LogP contribution in [0.5, 0.6) is 0 Å². The SMILES string of the molecule is Cc1ccc(Sc2ncccc2C(=O)NCc2cn3c(n2)CCCC3)c(C)c1. The molecule has 1 aromatic carbocycles. The van der Waals surface area contributed by atoms with Gasteiger partial charge >= 0.3 is 0 Å². The Morgan fingerprint density at radius 3 is 2.96 bits per heavy atom. The van der Waals surface area contributed by atoms with Crippen molar-refractivity contribution in [1.82, 2.24) is 19.9 Å². The summed E-state index contributed by atoms with van der Waals surface area (Å²) in [6, 6.07) is 9.94. The molecule has 2 aromatic heterocycles. The number of benzene rings is 1. The van der Waals surface area contributed by atoms with Crippen molar-refractivity contribution in [3.8, 4) is 0 Å². The van der Waals surface area contributed by atoms with Crippen molar-refractivity contribution in [2.45, 2.75) is 56.1 Å². The summed E-state index contributed by atoms with van der Waals surface area (Å²) in [6.45, 7) is 5.62. The number of nitrogens with zero attached hydrogens (tertiary/aromatic N) is 3. The van der Waals surface area contributed by atoms with Crippen molar-refractivity contribution >= 4 is 17.7 Å². The molecule has 144 valence electrons. The summed E-state index contributed by atoms with van der Waals surface area (Å²) < 4.78 is 2.20. The van der Waals surface area contributed by atoms with E-state index in [0.717, 1.165) is 34.4 Å². The van der Waals surface area contributed by atoms with Gasteiger partial charge in [-0.2, -0.15) is 0 Å². The smallest absolute Gasteiger partial charge is 0.254 e. The molecule has 1 aliphatic heterocycles. The number of hydrogen-bond acceptors (Lipinski definition) is 4. The summed E-state index contributed by atoms with van der Waals surface area (Å²) in [5.74, 6) is 1.01. The van der Waals surface area contributed by atoms with Crippen molar-refractivity contribution in [3.05, 3.63) is 70.9 Å². The fraction of sp³-hybridized carbons (Fsp3) is 0.318. The van der Waals surface area contributed by atoms with E-state index in [-0.39, 0.29) is 5.91 Å². The van der Waals surface area contributed by atoms with Gasteiger partial charge in [-0.05, 0) is 50.5 Å². The van der Waals surface area contributed by atoms with E-state index >= 15 is 0 Å². The first kappa shape index (κ1) is 18.7. The average molecular weight is 393 g/mol. The molecule has 0 atom stereocenters. The molecule has 6 heteroatoms. The summed E-state index contributed by atoms with van der Waals surface area (Å²) in [6.07, 6.45) is 7.20. The number of aromatic nitrogens is 3. The molecule has 0 spiro atoms. The number of pyridine rings is 1. The molecule has 3 aromatic rings. The van der Waals surface area contributed by atoms with Crippen LogP contribution in [0, 0.1) is 13.8 Å². The van der Waals surface area contributed by atoms with E-state index in [0.29, 0.717) is 12.1 Å². The molecule has 0 unspecified atom stereocenters. The van der Waals surface area contributed by atoms with Gasteiger partial charge in [0, 0.05) is 30.3 Å². The van der Waals surface area contributed by atoms with Crippen LogP contribution in [0.25, 0.3) is 0 Å². The van der Waals surface area contributed by atoms with Crippen LogP contribution in [0.15, 0.2) is 52.6 Å². The Bertz CT molecular complexity index is 988. The third-order valence-electron chi connectivity index (χ3n) is 4.94. The number of carbonyl (C=O) groups excluding carboxylic acids is 1. The molecule has 1 aliphatic rings. The lowest BCUT2D eigenvalue weighted by atomic mass is 10.2. The lowest BCUT2D eigenvalue weighted by Gasteiger charge is -2.11. The standard InChI is InChI=1S/C22H24N4OS/c1-15-8-9-19(16(2)12-15)28-22-18(6-5-10-23-22)21(27)24-13-17-14-26-11-4-3-7-20(26)25-17/h5-6,8-10,12,14H,3-4,7,11,13H2,1-2H3,(H,24,27). The first-order valence-corrected chi connectivity index (χ1v) is 10.4. The summed E-state index contributed by atoms with van der Waals surface area (Å²) in [7, 11) is 0. The molecule has 0 saturated carbocycles. The maximum Gasteiger partial charge on any atom is 0.254 e. The number of carbonyl (C=O) groups is 1. The second-order valence-corrected chi connectivity index (χ2v) is 8.24. The van der Waals surface area contributed by atoms with E-state index in [2.05, 4.69) is 58.1 Å². The fourth-order valence-corrected chi connectivity index (χ4v) is 4.43. The van der Waals surface area contributed by atoms with Crippen LogP contribution in [-0.4, -0.2) is 20.4 Å². The molecular formula is C22H24N4OS. The summed E-state index contributed by atoms with van der Waals surface area (Å²) in [4.78, 5) is 23.0. The number of hydrogen-bond donors (Lipinski definition) is 1. The summed E-state index contributed by atoms with van der Waals surface area (Å²) in [5, 5.41) is 3.72. The van der Waals surface area contributed by atoms with Crippen LogP contribution in [0.3, 0.4) is 0 Å².